The minimum absolute atomic E-state index is 0.0390. The van der Waals surface area contributed by atoms with Crippen molar-refractivity contribution in [1.82, 2.24) is 4.98 Å². The zero-order valence-electron chi connectivity index (χ0n) is 11.0. The standard InChI is InChI=1S/C15H16N2O3/c18-10-12-4-2-6-16-15(12)17-9-11-3-1-5-13-14(11)20-8-7-19-13/h1-6,18H,7-10H2,(H,16,17). The van der Waals surface area contributed by atoms with Crippen molar-refractivity contribution >= 4 is 5.82 Å². The highest BCUT2D eigenvalue weighted by Gasteiger charge is 2.15. The van der Waals surface area contributed by atoms with Gasteiger partial charge in [-0.25, -0.2) is 4.98 Å². The molecule has 0 saturated carbocycles. The van der Waals surface area contributed by atoms with Crippen LogP contribution in [0.2, 0.25) is 0 Å². The monoisotopic (exact) mass is 272 g/mol. The second-order valence-electron chi connectivity index (χ2n) is 4.46. The lowest BCUT2D eigenvalue weighted by Gasteiger charge is -2.21. The topological polar surface area (TPSA) is 63.6 Å². The van der Waals surface area contributed by atoms with E-state index in [1.807, 2.05) is 24.3 Å². The molecule has 3 rings (SSSR count). The number of benzene rings is 1. The van der Waals surface area contributed by atoms with Crippen LogP contribution in [0, 0.1) is 0 Å². The van der Waals surface area contributed by atoms with Gasteiger partial charge in [0.15, 0.2) is 11.5 Å². The number of aromatic nitrogens is 1. The molecule has 1 aliphatic heterocycles. The van der Waals surface area contributed by atoms with E-state index in [0.717, 1.165) is 22.6 Å². The van der Waals surface area contributed by atoms with E-state index in [1.54, 1.807) is 12.3 Å². The first kappa shape index (κ1) is 12.7. The largest absolute Gasteiger partial charge is 0.486 e. The maximum Gasteiger partial charge on any atom is 0.166 e. The summed E-state index contributed by atoms with van der Waals surface area (Å²) in [6, 6.07) is 9.48. The maximum atomic E-state index is 9.28. The van der Waals surface area contributed by atoms with Crippen molar-refractivity contribution in [2.45, 2.75) is 13.2 Å². The van der Waals surface area contributed by atoms with Crippen LogP contribution in [0.4, 0.5) is 5.82 Å². The third-order valence-electron chi connectivity index (χ3n) is 3.16. The number of anilines is 1. The quantitative estimate of drug-likeness (QED) is 0.890. The molecule has 0 amide bonds. The average molecular weight is 272 g/mol. The minimum atomic E-state index is -0.0390. The average Bonchev–Trinajstić information content (AvgIpc) is 2.53. The van der Waals surface area contributed by atoms with Gasteiger partial charge in [-0.1, -0.05) is 18.2 Å². The number of aliphatic hydroxyl groups excluding tert-OH is 1. The molecule has 2 N–H and O–H groups in total. The number of hydrogen-bond acceptors (Lipinski definition) is 5. The van der Waals surface area contributed by atoms with Gasteiger partial charge < -0.3 is 19.9 Å². The van der Waals surface area contributed by atoms with Gasteiger partial charge in [0.2, 0.25) is 0 Å². The van der Waals surface area contributed by atoms with Gasteiger partial charge in [0.25, 0.3) is 0 Å². The lowest BCUT2D eigenvalue weighted by atomic mass is 10.1. The summed E-state index contributed by atoms with van der Waals surface area (Å²) in [5.41, 5.74) is 1.78. The molecule has 0 spiro atoms. The molecule has 0 bridgehead atoms. The number of fused-ring (bicyclic) bond motifs is 1. The normalized spacial score (nSPS) is 13.1. The van der Waals surface area contributed by atoms with Crippen LogP contribution in [0.1, 0.15) is 11.1 Å². The number of aliphatic hydroxyl groups is 1. The predicted octanol–water partition coefficient (Wildman–Crippen LogP) is 1.96. The number of ether oxygens (including phenoxy) is 2. The molecule has 0 unspecified atom stereocenters. The fourth-order valence-corrected chi connectivity index (χ4v) is 2.18. The molecule has 1 aliphatic rings. The number of para-hydroxylation sites is 1. The highest BCUT2D eigenvalue weighted by Crippen LogP contribution is 2.33. The van der Waals surface area contributed by atoms with Crippen LogP contribution in [0.25, 0.3) is 0 Å². The third-order valence-corrected chi connectivity index (χ3v) is 3.16. The molecule has 0 saturated heterocycles. The van der Waals surface area contributed by atoms with Gasteiger partial charge >= 0.3 is 0 Å². The van der Waals surface area contributed by atoms with E-state index in [4.69, 9.17) is 9.47 Å². The summed E-state index contributed by atoms with van der Waals surface area (Å²) in [5.74, 6) is 2.25. The number of rotatable bonds is 4. The van der Waals surface area contributed by atoms with Gasteiger partial charge in [-0.05, 0) is 12.1 Å². The van der Waals surface area contributed by atoms with Gasteiger partial charge in [0.1, 0.15) is 19.0 Å². The molecule has 2 aromatic rings. The van der Waals surface area contributed by atoms with Gasteiger partial charge in [0, 0.05) is 23.9 Å². The van der Waals surface area contributed by atoms with E-state index in [0.29, 0.717) is 25.6 Å². The number of pyridine rings is 1. The van der Waals surface area contributed by atoms with Crippen molar-refractivity contribution in [3.05, 3.63) is 47.7 Å². The summed E-state index contributed by atoms with van der Waals surface area (Å²) >= 11 is 0. The Morgan fingerprint density at radius 2 is 1.95 bits per heavy atom. The molecule has 5 nitrogen and oxygen atoms in total. The molecule has 2 heterocycles. The number of nitrogens with one attached hydrogen (secondary N) is 1. The van der Waals surface area contributed by atoms with Crippen LogP contribution in [0.3, 0.4) is 0 Å². The van der Waals surface area contributed by atoms with Gasteiger partial charge in [-0.15, -0.1) is 0 Å². The Morgan fingerprint density at radius 1 is 1.10 bits per heavy atom. The Balaban J connectivity index is 1.79. The molecule has 104 valence electrons. The Hall–Kier alpha value is -2.27. The lowest BCUT2D eigenvalue weighted by molar-refractivity contribution is 0.170. The van der Waals surface area contributed by atoms with Crippen LogP contribution >= 0.6 is 0 Å². The predicted molar refractivity (Wildman–Crippen MR) is 74.9 cm³/mol. The number of hydrogen-bond donors (Lipinski definition) is 2. The van der Waals surface area contributed by atoms with Crippen LogP contribution < -0.4 is 14.8 Å². The molecule has 20 heavy (non-hydrogen) atoms. The molecule has 1 aromatic heterocycles. The van der Waals surface area contributed by atoms with Crippen molar-refractivity contribution in [2.24, 2.45) is 0 Å². The van der Waals surface area contributed by atoms with Gasteiger partial charge in [-0.2, -0.15) is 0 Å². The molecule has 0 aliphatic carbocycles. The van der Waals surface area contributed by atoms with Crippen LogP contribution in [-0.2, 0) is 13.2 Å². The SMILES string of the molecule is OCc1cccnc1NCc1cccc2c1OCCO2. The summed E-state index contributed by atoms with van der Waals surface area (Å²) < 4.78 is 11.2. The summed E-state index contributed by atoms with van der Waals surface area (Å²) in [6.07, 6.45) is 1.70. The highest BCUT2D eigenvalue weighted by molar-refractivity contribution is 5.50. The molecule has 0 fully saturated rings. The maximum absolute atomic E-state index is 9.28. The van der Waals surface area contributed by atoms with Crippen molar-refractivity contribution < 1.29 is 14.6 Å². The minimum Gasteiger partial charge on any atom is -0.486 e. The van der Waals surface area contributed by atoms with E-state index < -0.39 is 0 Å². The summed E-state index contributed by atoms with van der Waals surface area (Å²) in [6.45, 7) is 1.67. The lowest BCUT2D eigenvalue weighted by Crippen LogP contribution is -2.17. The van der Waals surface area contributed by atoms with Gasteiger partial charge in [-0.3, -0.25) is 0 Å². The summed E-state index contributed by atoms with van der Waals surface area (Å²) in [7, 11) is 0. The Kier molecular flexibility index (Phi) is 3.69. The first-order valence-electron chi connectivity index (χ1n) is 6.54. The van der Waals surface area contributed by atoms with E-state index in [9.17, 15) is 5.11 Å². The van der Waals surface area contributed by atoms with E-state index in [1.165, 1.54) is 0 Å². The summed E-state index contributed by atoms with van der Waals surface area (Å²) in [5, 5.41) is 12.5. The highest BCUT2D eigenvalue weighted by atomic mass is 16.6. The Morgan fingerprint density at radius 3 is 2.85 bits per heavy atom. The molecule has 0 radical (unpaired) electrons. The van der Waals surface area contributed by atoms with E-state index >= 15 is 0 Å². The van der Waals surface area contributed by atoms with Crippen molar-refractivity contribution in [1.29, 1.82) is 0 Å². The van der Waals surface area contributed by atoms with E-state index in [2.05, 4.69) is 10.3 Å². The second kappa shape index (κ2) is 5.79. The van der Waals surface area contributed by atoms with Crippen molar-refractivity contribution in [3.63, 3.8) is 0 Å². The van der Waals surface area contributed by atoms with E-state index in [-0.39, 0.29) is 6.61 Å². The van der Waals surface area contributed by atoms with Gasteiger partial charge in [0.05, 0.1) is 6.61 Å². The number of nitrogens with zero attached hydrogens (tertiary/aromatic N) is 1. The molecule has 5 heteroatoms. The van der Waals surface area contributed by atoms with Crippen LogP contribution in [0.15, 0.2) is 36.5 Å². The zero-order chi connectivity index (χ0) is 13.8. The Labute approximate surface area is 117 Å². The van der Waals surface area contributed by atoms with Crippen LogP contribution in [-0.4, -0.2) is 23.3 Å². The third kappa shape index (κ3) is 2.53. The molecule has 1 aromatic carbocycles. The van der Waals surface area contributed by atoms with Crippen LogP contribution in [0.5, 0.6) is 11.5 Å². The molecule has 0 atom stereocenters. The fraction of sp³-hybridized carbons (Fsp3) is 0.267. The van der Waals surface area contributed by atoms with Crippen molar-refractivity contribution in [3.8, 4) is 11.5 Å². The molecular weight excluding hydrogens is 256 g/mol. The molecular formula is C15H16N2O3. The zero-order valence-corrected chi connectivity index (χ0v) is 11.0. The Bertz CT molecular complexity index is 601. The fourth-order valence-electron chi connectivity index (χ4n) is 2.18. The van der Waals surface area contributed by atoms with Crippen molar-refractivity contribution in [2.75, 3.05) is 18.5 Å². The first-order chi connectivity index (χ1) is 9.88. The first-order valence-corrected chi connectivity index (χ1v) is 6.54. The smallest absolute Gasteiger partial charge is 0.166 e. The summed E-state index contributed by atoms with van der Waals surface area (Å²) in [4.78, 5) is 4.23. The second-order valence-corrected chi connectivity index (χ2v) is 4.46.